The number of benzene rings is 2. The van der Waals surface area contributed by atoms with Crippen LogP contribution in [0.5, 0.6) is 0 Å². The molecule has 2 aromatic carbocycles. The van der Waals surface area contributed by atoms with E-state index in [0.29, 0.717) is 5.02 Å². The number of aromatic nitrogens is 2. The Morgan fingerprint density at radius 1 is 1.04 bits per heavy atom. The first-order valence-electron chi connectivity index (χ1n) is 9.70. The fourth-order valence-electron chi connectivity index (χ4n) is 4.41. The molecule has 0 radical (unpaired) electrons. The standard InChI is InChI=1S/C22H21ClN4O/c23-15-11-9-14(10-12-15)20-18(13-24-26-20)21-25-19-8-4-3-7-17(19)22(28)27(21)16-5-1-2-6-16/h3-4,7-13,16,21,25H,1-2,5-6H2,(H,24,26)/t21-/m0/s1. The number of hydrogen-bond acceptors (Lipinski definition) is 3. The van der Waals surface area contributed by atoms with Gasteiger partial charge in [0.15, 0.2) is 0 Å². The summed E-state index contributed by atoms with van der Waals surface area (Å²) in [6.45, 7) is 0. The molecule has 3 aromatic rings. The van der Waals surface area contributed by atoms with Gasteiger partial charge in [0.25, 0.3) is 5.91 Å². The highest BCUT2D eigenvalue weighted by atomic mass is 35.5. The average Bonchev–Trinajstić information content (AvgIpc) is 3.40. The van der Waals surface area contributed by atoms with Crippen LogP contribution in [-0.4, -0.2) is 27.0 Å². The van der Waals surface area contributed by atoms with E-state index >= 15 is 0 Å². The van der Waals surface area contributed by atoms with Gasteiger partial charge in [-0.05, 0) is 37.1 Å². The topological polar surface area (TPSA) is 61.0 Å². The van der Waals surface area contributed by atoms with E-state index in [0.717, 1.165) is 53.8 Å². The number of carbonyl (C=O) groups excluding carboxylic acids is 1. The van der Waals surface area contributed by atoms with Crippen molar-refractivity contribution in [3.05, 3.63) is 70.9 Å². The molecule has 0 unspecified atom stereocenters. The molecule has 5 nitrogen and oxygen atoms in total. The van der Waals surface area contributed by atoms with E-state index in [9.17, 15) is 4.79 Å². The van der Waals surface area contributed by atoms with Gasteiger partial charge >= 0.3 is 0 Å². The van der Waals surface area contributed by atoms with Crippen molar-refractivity contribution in [2.45, 2.75) is 37.9 Å². The largest absolute Gasteiger partial charge is 0.361 e. The molecule has 1 amide bonds. The molecule has 1 atom stereocenters. The number of hydrogen-bond donors (Lipinski definition) is 2. The second kappa shape index (κ2) is 6.99. The van der Waals surface area contributed by atoms with Crippen LogP contribution in [0.3, 0.4) is 0 Å². The number of aromatic amines is 1. The number of halogens is 1. The predicted molar refractivity (Wildman–Crippen MR) is 110 cm³/mol. The lowest BCUT2D eigenvalue weighted by Gasteiger charge is -2.41. The van der Waals surface area contributed by atoms with Gasteiger partial charge in [-0.2, -0.15) is 5.10 Å². The second-order valence-electron chi connectivity index (χ2n) is 7.45. The van der Waals surface area contributed by atoms with E-state index in [1.54, 1.807) is 0 Å². The Bertz CT molecular complexity index is 1010. The molecule has 0 spiro atoms. The van der Waals surface area contributed by atoms with Crippen molar-refractivity contribution >= 4 is 23.2 Å². The van der Waals surface area contributed by atoms with Crippen molar-refractivity contribution in [3.63, 3.8) is 0 Å². The quantitative estimate of drug-likeness (QED) is 0.640. The van der Waals surface area contributed by atoms with Crippen LogP contribution in [0, 0.1) is 0 Å². The number of nitrogens with one attached hydrogen (secondary N) is 2. The first-order chi connectivity index (χ1) is 13.7. The van der Waals surface area contributed by atoms with Crippen LogP contribution in [0.4, 0.5) is 5.69 Å². The number of nitrogens with zero attached hydrogens (tertiary/aromatic N) is 2. The van der Waals surface area contributed by atoms with Crippen molar-refractivity contribution in [1.82, 2.24) is 15.1 Å². The zero-order valence-electron chi connectivity index (χ0n) is 15.4. The van der Waals surface area contributed by atoms with Crippen LogP contribution < -0.4 is 5.32 Å². The van der Waals surface area contributed by atoms with E-state index in [1.165, 1.54) is 0 Å². The van der Waals surface area contributed by atoms with Crippen molar-refractivity contribution in [2.24, 2.45) is 0 Å². The van der Waals surface area contributed by atoms with Crippen molar-refractivity contribution < 1.29 is 4.79 Å². The number of anilines is 1. The van der Waals surface area contributed by atoms with Gasteiger partial charge in [0.1, 0.15) is 6.17 Å². The summed E-state index contributed by atoms with van der Waals surface area (Å²) in [7, 11) is 0. The third-order valence-corrected chi connectivity index (χ3v) is 6.03. The maximum Gasteiger partial charge on any atom is 0.258 e. The molecular formula is C22H21ClN4O. The van der Waals surface area contributed by atoms with Gasteiger partial charge in [-0.1, -0.05) is 48.7 Å². The average molecular weight is 393 g/mol. The molecule has 6 heteroatoms. The fraction of sp³-hybridized carbons (Fsp3) is 0.273. The third kappa shape index (κ3) is 2.87. The smallest absolute Gasteiger partial charge is 0.258 e. The van der Waals surface area contributed by atoms with Gasteiger partial charge in [0, 0.05) is 27.9 Å². The lowest BCUT2D eigenvalue weighted by molar-refractivity contribution is 0.0585. The maximum absolute atomic E-state index is 13.4. The third-order valence-electron chi connectivity index (χ3n) is 5.78. The van der Waals surface area contributed by atoms with Gasteiger partial charge in [-0.25, -0.2) is 0 Å². The van der Waals surface area contributed by atoms with Gasteiger partial charge in [0.2, 0.25) is 0 Å². The Morgan fingerprint density at radius 2 is 1.79 bits per heavy atom. The van der Waals surface area contributed by atoms with Crippen molar-refractivity contribution in [2.75, 3.05) is 5.32 Å². The van der Waals surface area contributed by atoms with Crippen LogP contribution in [-0.2, 0) is 0 Å². The van der Waals surface area contributed by atoms with Crippen LogP contribution in [0.25, 0.3) is 11.3 Å². The molecule has 0 saturated heterocycles. The van der Waals surface area contributed by atoms with Crippen molar-refractivity contribution in [1.29, 1.82) is 0 Å². The maximum atomic E-state index is 13.4. The van der Waals surface area contributed by atoms with E-state index in [2.05, 4.69) is 15.5 Å². The number of fused-ring (bicyclic) bond motifs is 1. The molecule has 0 bridgehead atoms. The first kappa shape index (κ1) is 17.3. The molecule has 1 fully saturated rings. The molecule has 2 N–H and O–H groups in total. The number of H-pyrrole nitrogens is 1. The normalized spacial score (nSPS) is 19.5. The second-order valence-corrected chi connectivity index (χ2v) is 7.89. The highest BCUT2D eigenvalue weighted by Gasteiger charge is 2.39. The summed E-state index contributed by atoms with van der Waals surface area (Å²) >= 11 is 6.06. The molecule has 1 aromatic heterocycles. The fourth-order valence-corrected chi connectivity index (χ4v) is 4.53. The molecule has 28 heavy (non-hydrogen) atoms. The highest BCUT2D eigenvalue weighted by Crippen LogP contribution is 2.40. The summed E-state index contributed by atoms with van der Waals surface area (Å²) < 4.78 is 0. The summed E-state index contributed by atoms with van der Waals surface area (Å²) in [4.78, 5) is 15.5. The minimum absolute atomic E-state index is 0.0921. The molecule has 1 aliphatic heterocycles. The van der Waals surface area contributed by atoms with Crippen LogP contribution in [0.2, 0.25) is 5.02 Å². The summed E-state index contributed by atoms with van der Waals surface area (Å²) in [6, 6.07) is 15.7. The summed E-state index contributed by atoms with van der Waals surface area (Å²) in [5, 5.41) is 11.7. The van der Waals surface area contributed by atoms with Gasteiger partial charge in [0.05, 0.1) is 17.5 Å². The molecule has 5 rings (SSSR count). The van der Waals surface area contributed by atoms with Gasteiger partial charge in [-0.3, -0.25) is 9.89 Å². The van der Waals surface area contributed by atoms with E-state index < -0.39 is 0 Å². The predicted octanol–water partition coefficient (Wildman–Crippen LogP) is 5.24. The Balaban J connectivity index is 1.61. The van der Waals surface area contributed by atoms with Crippen LogP contribution >= 0.6 is 11.6 Å². The Kier molecular flexibility index (Phi) is 4.32. The van der Waals surface area contributed by atoms with Crippen LogP contribution in [0.15, 0.2) is 54.7 Å². The molecule has 142 valence electrons. The molecular weight excluding hydrogens is 372 g/mol. The van der Waals surface area contributed by atoms with E-state index in [4.69, 9.17) is 11.6 Å². The van der Waals surface area contributed by atoms with E-state index in [-0.39, 0.29) is 18.1 Å². The number of rotatable bonds is 3. The number of amides is 1. The van der Waals surface area contributed by atoms with Gasteiger partial charge in [-0.15, -0.1) is 0 Å². The summed E-state index contributed by atoms with van der Waals surface area (Å²) in [5.41, 5.74) is 4.48. The van der Waals surface area contributed by atoms with E-state index in [1.807, 2.05) is 59.6 Å². The SMILES string of the molecule is O=C1c2ccccc2N[C@H](c2cn[nH]c2-c2ccc(Cl)cc2)N1C1CCCC1. The lowest BCUT2D eigenvalue weighted by atomic mass is 9.99. The van der Waals surface area contributed by atoms with Crippen molar-refractivity contribution in [3.8, 4) is 11.3 Å². The highest BCUT2D eigenvalue weighted by molar-refractivity contribution is 6.30. The first-order valence-corrected chi connectivity index (χ1v) is 10.1. The number of carbonyl (C=O) groups is 1. The minimum atomic E-state index is -0.255. The summed E-state index contributed by atoms with van der Waals surface area (Å²) in [6.07, 6.45) is 5.98. The molecule has 2 aliphatic rings. The number of para-hydroxylation sites is 1. The minimum Gasteiger partial charge on any atom is -0.361 e. The molecule has 1 aliphatic carbocycles. The Hall–Kier alpha value is -2.79. The Labute approximate surface area is 168 Å². The zero-order chi connectivity index (χ0) is 19.1. The monoisotopic (exact) mass is 392 g/mol. The Morgan fingerprint density at radius 3 is 2.57 bits per heavy atom. The molecule has 2 heterocycles. The van der Waals surface area contributed by atoms with Crippen LogP contribution in [0.1, 0.15) is 47.8 Å². The molecule has 1 saturated carbocycles. The van der Waals surface area contributed by atoms with Gasteiger partial charge < -0.3 is 10.2 Å². The lowest BCUT2D eigenvalue weighted by Crippen LogP contribution is -2.47. The zero-order valence-corrected chi connectivity index (χ0v) is 16.1. The summed E-state index contributed by atoms with van der Waals surface area (Å²) in [5.74, 6) is 0.0921.